The number of nitrogens with zero attached hydrogens (tertiary/aromatic N) is 3. The van der Waals surface area contributed by atoms with Crippen LogP contribution in [0, 0.1) is 0 Å². The maximum atomic E-state index is 12.3. The smallest absolute Gasteiger partial charge is 0.451 e. The molecule has 0 aliphatic rings. The van der Waals surface area contributed by atoms with Crippen molar-refractivity contribution in [3.05, 3.63) is 36.5 Å². The third kappa shape index (κ3) is 2.55. The van der Waals surface area contributed by atoms with Gasteiger partial charge in [0.2, 0.25) is 11.7 Å². The van der Waals surface area contributed by atoms with Crippen molar-refractivity contribution in [2.75, 3.05) is 7.11 Å². The molecule has 0 aliphatic carbocycles. The van der Waals surface area contributed by atoms with E-state index in [2.05, 4.69) is 15.0 Å². The van der Waals surface area contributed by atoms with Gasteiger partial charge in [0.25, 0.3) is 0 Å². The molecule has 0 saturated heterocycles. The number of rotatable bonds is 2. The Kier molecular flexibility index (Phi) is 3.14. The minimum Gasteiger partial charge on any atom is -0.481 e. The highest BCUT2D eigenvalue weighted by Crippen LogP contribution is 2.27. The fraction of sp³-hybridized carbons (Fsp3) is 0.182. The zero-order chi connectivity index (χ0) is 13.2. The van der Waals surface area contributed by atoms with Crippen molar-refractivity contribution in [1.82, 2.24) is 15.0 Å². The van der Waals surface area contributed by atoms with Crippen LogP contribution in [0.2, 0.25) is 0 Å². The van der Waals surface area contributed by atoms with E-state index in [1.54, 1.807) is 12.1 Å². The van der Waals surface area contributed by atoms with Gasteiger partial charge in [-0.15, -0.1) is 0 Å². The number of aromatic nitrogens is 3. The Hall–Kier alpha value is -2.18. The van der Waals surface area contributed by atoms with Gasteiger partial charge < -0.3 is 4.74 Å². The monoisotopic (exact) mass is 255 g/mol. The molecule has 2 aromatic rings. The summed E-state index contributed by atoms with van der Waals surface area (Å²) in [5, 5.41) is 0. The van der Waals surface area contributed by atoms with Crippen LogP contribution in [0.5, 0.6) is 5.88 Å². The van der Waals surface area contributed by atoms with E-state index in [0.29, 0.717) is 17.0 Å². The van der Waals surface area contributed by atoms with E-state index in [9.17, 15) is 13.2 Å². The van der Waals surface area contributed by atoms with E-state index in [1.807, 2.05) is 0 Å². The van der Waals surface area contributed by atoms with Crippen LogP contribution in [0.4, 0.5) is 13.2 Å². The molecule has 0 fully saturated rings. The highest BCUT2D eigenvalue weighted by Gasteiger charge is 2.34. The van der Waals surface area contributed by atoms with Crippen molar-refractivity contribution in [1.29, 1.82) is 0 Å². The standard InChI is InChI=1S/C11H8F3N3O/c1-18-9-4-7(2-3-15-9)8-5-16-10(17-6-8)11(12,13)14/h2-6H,1H3. The number of halogens is 3. The first-order valence-electron chi connectivity index (χ1n) is 4.90. The van der Waals surface area contributed by atoms with Gasteiger partial charge in [-0.25, -0.2) is 15.0 Å². The number of hydrogen-bond acceptors (Lipinski definition) is 4. The van der Waals surface area contributed by atoms with Crippen LogP contribution in [0.25, 0.3) is 11.1 Å². The molecule has 0 atom stereocenters. The maximum absolute atomic E-state index is 12.3. The van der Waals surface area contributed by atoms with E-state index in [0.717, 1.165) is 12.4 Å². The fourth-order valence-electron chi connectivity index (χ4n) is 1.32. The lowest BCUT2D eigenvalue weighted by Gasteiger charge is -2.06. The zero-order valence-corrected chi connectivity index (χ0v) is 9.27. The summed E-state index contributed by atoms with van der Waals surface area (Å²) in [5.74, 6) is -0.792. The Labute approximate surface area is 100 Å². The second-order valence-electron chi connectivity index (χ2n) is 3.38. The minimum absolute atomic E-state index is 0.368. The van der Waals surface area contributed by atoms with Crippen LogP contribution in [0.1, 0.15) is 5.82 Å². The van der Waals surface area contributed by atoms with Crippen molar-refractivity contribution >= 4 is 0 Å². The molecule has 0 amide bonds. The SMILES string of the molecule is COc1cc(-c2cnc(C(F)(F)F)nc2)ccn1. The Morgan fingerprint density at radius 1 is 1.06 bits per heavy atom. The molecule has 4 nitrogen and oxygen atoms in total. The van der Waals surface area contributed by atoms with E-state index < -0.39 is 12.0 Å². The van der Waals surface area contributed by atoms with Crippen molar-refractivity contribution < 1.29 is 17.9 Å². The van der Waals surface area contributed by atoms with Crippen molar-refractivity contribution in [2.45, 2.75) is 6.18 Å². The fourth-order valence-corrected chi connectivity index (χ4v) is 1.32. The first kappa shape index (κ1) is 12.3. The molecule has 2 aromatic heterocycles. The minimum atomic E-state index is -4.53. The van der Waals surface area contributed by atoms with Crippen molar-refractivity contribution in [3.63, 3.8) is 0 Å². The summed E-state index contributed by atoms with van der Waals surface area (Å²) < 4.78 is 41.8. The number of pyridine rings is 1. The van der Waals surface area contributed by atoms with Gasteiger partial charge in [0.15, 0.2) is 0 Å². The van der Waals surface area contributed by atoms with Gasteiger partial charge in [-0.2, -0.15) is 13.2 Å². The van der Waals surface area contributed by atoms with Gasteiger partial charge in [-0.05, 0) is 11.6 Å². The van der Waals surface area contributed by atoms with Gasteiger partial charge in [0.05, 0.1) is 7.11 Å². The summed E-state index contributed by atoms with van der Waals surface area (Å²) in [7, 11) is 1.45. The number of hydrogen-bond donors (Lipinski definition) is 0. The van der Waals surface area contributed by atoms with Gasteiger partial charge in [-0.3, -0.25) is 0 Å². The maximum Gasteiger partial charge on any atom is 0.451 e. The number of ether oxygens (including phenoxy) is 1. The Morgan fingerprint density at radius 2 is 1.72 bits per heavy atom. The van der Waals surface area contributed by atoms with Gasteiger partial charge in [-0.1, -0.05) is 0 Å². The molecule has 0 radical (unpaired) electrons. The average Bonchev–Trinajstić information content (AvgIpc) is 2.38. The molecule has 2 rings (SSSR count). The third-order valence-electron chi connectivity index (χ3n) is 2.18. The lowest BCUT2D eigenvalue weighted by Crippen LogP contribution is -2.10. The van der Waals surface area contributed by atoms with Crippen LogP contribution in [-0.2, 0) is 6.18 Å². The third-order valence-corrected chi connectivity index (χ3v) is 2.18. The van der Waals surface area contributed by atoms with Crippen molar-refractivity contribution in [3.8, 4) is 17.0 Å². The average molecular weight is 255 g/mol. The highest BCUT2D eigenvalue weighted by atomic mass is 19.4. The molecule has 18 heavy (non-hydrogen) atoms. The molecule has 2 heterocycles. The van der Waals surface area contributed by atoms with Crippen molar-refractivity contribution in [2.24, 2.45) is 0 Å². The van der Waals surface area contributed by atoms with E-state index >= 15 is 0 Å². The van der Waals surface area contributed by atoms with E-state index in [4.69, 9.17) is 4.74 Å². The Bertz CT molecular complexity index is 540. The Morgan fingerprint density at radius 3 is 2.28 bits per heavy atom. The molecule has 0 unspecified atom stereocenters. The summed E-state index contributed by atoms with van der Waals surface area (Å²) in [6, 6.07) is 3.22. The molecule has 0 bridgehead atoms. The van der Waals surface area contributed by atoms with Gasteiger partial charge >= 0.3 is 6.18 Å². The summed E-state index contributed by atoms with van der Waals surface area (Å²) >= 11 is 0. The molecule has 94 valence electrons. The van der Waals surface area contributed by atoms with E-state index in [1.165, 1.54) is 13.3 Å². The predicted molar refractivity (Wildman–Crippen MR) is 56.8 cm³/mol. The molecule has 0 N–H and O–H groups in total. The summed E-state index contributed by atoms with van der Waals surface area (Å²) in [5.41, 5.74) is 1.10. The van der Waals surface area contributed by atoms with Crippen LogP contribution in [-0.4, -0.2) is 22.1 Å². The highest BCUT2D eigenvalue weighted by molar-refractivity contribution is 5.62. The second-order valence-corrected chi connectivity index (χ2v) is 3.38. The second kappa shape index (κ2) is 4.59. The summed E-state index contributed by atoms with van der Waals surface area (Å²) in [6.45, 7) is 0. The summed E-state index contributed by atoms with van der Waals surface area (Å²) in [6.07, 6.45) is -0.810. The first-order valence-corrected chi connectivity index (χ1v) is 4.90. The van der Waals surface area contributed by atoms with Gasteiger partial charge in [0, 0.05) is 30.2 Å². The molecular weight excluding hydrogens is 247 g/mol. The number of methoxy groups -OCH3 is 1. The topological polar surface area (TPSA) is 47.9 Å². The lowest BCUT2D eigenvalue weighted by molar-refractivity contribution is -0.144. The normalized spacial score (nSPS) is 11.3. The van der Waals surface area contributed by atoms with Crippen LogP contribution in [0.15, 0.2) is 30.7 Å². The number of alkyl halides is 3. The zero-order valence-electron chi connectivity index (χ0n) is 9.27. The van der Waals surface area contributed by atoms with E-state index in [-0.39, 0.29) is 0 Å². The van der Waals surface area contributed by atoms with Crippen LogP contribution < -0.4 is 4.74 Å². The summed E-state index contributed by atoms with van der Waals surface area (Å²) in [4.78, 5) is 10.5. The molecule has 0 aliphatic heterocycles. The first-order chi connectivity index (χ1) is 8.50. The quantitative estimate of drug-likeness (QED) is 0.827. The molecule has 0 aromatic carbocycles. The lowest BCUT2D eigenvalue weighted by atomic mass is 10.1. The van der Waals surface area contributed by atoms with Gasteiger partial charge in [0.1, 0.15) is 0 Å². The largest absolute Gasteiger partial charge is 0.481 e. The molecular formula is C11H8F3N3O. The van der Waals surface area contributed by atoms with Crippen LogP contribution in [0.3, 0.4) is 0 Å². The molecule has 0 saturated carbocycles. The predicted octanol–water partition coefficient (Wildman–Crippen LogP) is 2.57. The van der Waals surface area contributed by atoms with Crippen LogP contribution >= 0.6 is 0 Å². The Balaban J connectivity index is 2.34. The molecule has 0 spiro atoms. The molecule has 7 heteroatoms.